The van der Waals surface area contributed by atoms with Gasteiger partial charge in [0, 0.05) is 6.54 Å². The number of benzene rings is 1. The van der Waals surface area contributed by atoms with Crippen molar-refractivity contribution in [2.45, 2.75) is 13.5 Å². The van der Waals surface area contributed by atoms with Crippen LogP contribution in [0, 0.1) is 6.92 Å². The van der Waals surface area contributed by atoms with Gasteiger partial charge in [-0.15, -0.1) is 0 Å². The first-order valence-electron chi connectivity index (χ1n) is 4.77. The molecule has 0 unspecified atom stereocenters. The molecule has 0 spiro atoms. The maximum absolute atomic E-state index is 11.0. The molecule has 0 bridgehead atoms. The molecule has 4 heteroatoms. The normalized spacial score (nSPS) is 9.80. The van der Waals surface area contributed by atoms with Crippen LogP contribution >= 0.6 is 0 Å². The fourth-order valence-electron chi connectivity index (χ4n) is 1.23. The third-order valence-corrected chi connectivity index (χ3v) is 2.22. The fraction of sp³-hybridized carbons (Fsp3) is 0.364. The van der Waals surface area contributed by atoms with Crippen LogP contribution in [0.5, 0.6) is 5.75 Å². The molecular weight excluding hydrogens is 192 g/mol. The summed E-state index contributed by atoms with van der Waals surface area (Å²) >= 11 is 0. The molecule has 0 fully saturated rings. The van der Waals surface area contributed by atoms with E-state index >= 15 is 0 Å². The number of rotatable bonds is 4. The van der Waals surface area contributed by atoms with E-state index in [0.29, 0.717) is 6.54 Å². The van der Waals surface area contributed by atoms with Crippen LogP contribution in [0.15, 0.2) is 18.2 Å². The first-order valence-corrected chi connectivity index (χ1v) is 4.77. The largest absolute Gasteiger partial charge is 0.497 e. The van der Waals surface area contributed by atoms with Gasteiger partial charge in [-0.3, -0.25) is 4.79 Å². The second kappa shape index (κ2) is 5.36. The van der Waals surface area contributed by atoms with Gasteiger partial charge in [0.1, 0.15) is 5.75 Å². The average Bonchev–Trinajstić information content (AvgIpc) is 2.27. The molecule has 0 atom stereocenters. The number of hydrogen-bond acceptors (Lipinski definition) is 3. The lowest BCUT2D eigenvalue weighted by atomic mass is 10.1. The topological polar surface area (TPSA) is 64.3 Å². The number of carbonyl (C=O) groups is 1. The SMILES string of the molecule is COc1ccc(C)c(CNC(=O)CN)c1. The number of ether oxygens (including phenoxy) is 1. The van der Waals surface area contributed by atoms with Gasteiger partial charge in [-0.05, 0) is 30.2 Å². The van der Waals surface area contributed by atoms with Crippen LogP contribution in [0.25, 0.3) is 0 Å². The molecule has 0 radical (unpaired) electrons. The highest BCUT2D eigenvalue weighted by Gasteiger charge is 2.02. The molecule has 1 rings (SSSR count). The molecule has 15 heavy (non-hydrogen) atoms. The Labute approximate surface area is 89.4 Å². The van der Waals surface area contributed by atoms with Crippen LogP contribution in [0.4, 0.5) is 0 Å². The lowest BCUT2D eigenvalue weighted by molar-refractivity contribution is -0.119. The highest BCUT2D eigenvalue weighted by molar-refractivity contribution is 5.77. The van der Waals surface area contributed by atoms with Crippen molar-refractivity contribution in [3.63, 3.8) is 0 Å². The maximum Gasteiger partial charge on any atom is 0.234 e. The van der Waals surface area contributed by atoms with Gasteiger partial charge >= 0.3 is 0 Å². The Hall–Kier alpha value is -1.55. The van der Waals surface area contributed by atoms with Crippen molar-refractivity contribution >= 4 is 5.91 Å². The summed E-state index contributed by atoms with van der Waals surface area (Å²) in [6.07, 6.45) is 0. The maximum atomic E-state index is 11.0. The number of amides is 1. The molecule has 0 saturated heterocycles. The molecule has 82 valence electrons. The summed E-state index contributed by atoms with van der Waals surface area (Å²) in [6, 6.07) is 5.76. The zero-order valence-corrected chi connectivity index (χ0v) is 9.04. The van der Waals surface area contributed by atoms with E-state index < -0.39 is 0 Å². The van der Waals surface area contributed by atoms with E-state index in [1.807, 2.05) is 25.1 Å². The predicted octanol–water partition coefficient (Wildman–Crippen LogP) is 0.579. The molecule has 3 N–H and O–H groups in total. The Balaban J connectivity index is 2.70. The van der Waals surface area contributed by atoms with E-state index in [-0.39, 0.29) is 12.5 Å². The third kappa shape index (κ3) is 3.25. The molecular formula is C11H16N2O2. The smallest absolute Gasteiger partial charge is 0.234 e. The van der Waals surface area contributed by atoms with Crippen molar-refractivity contribution in [1.29, 1.82) is 0 Å². The van der Waals surface area contributed by atoms with Crippen LogP contribution in [0.3, 0.4) is 0 Å². The highest BCUT2D eigenvalue weighted by atomic mass is 16.5. The summed E-state index contributed by atoms with van der Waals surface area (Å²) in [5.41, 5.74) is 7.35. The minimum atomic E-state index is -0.155. The minimum absolute atomic E-state index is 0.0169. The standard InChI is InChI=1S/C11H16N2O2/c1-8-3-4-10(15-2)5-9(8)7-13-11(14)6-12/h3-5H,6-7,12H2,1-2H3,(H,13,14). The van der Waals surface area contributed by atoms with Gasteiger partial charge in [-0.1, -0.05) is 6.07 Å². The van der Waals surface area contributed by atoms with Gasteiger partial charge in [0.15, 0.2) is 0 Å². The molecule has 0 aliphatic heterocycles. The lowest BCUT2D eigenvalue weighted by Crippen LogP contribution is -2.29. The van der Waals surface area contributed by atoms with E-state index in [0.717, 1.165) is 16.9 Å². The Morgan fingerprint density at radius 3 is 2.87 bits per heavy atom. The van der Waals surface area contributed by atoms with Gasteiger partial charge in [0.2, 0.25) is 5.91 Å². The minimum Gasteiger partial charge on any atom is -0.497 e. The Morgan fingerprint density at radius 1 is 1.53 bits per heavy atom. The summed E-state index contributed by atoms with van der Waals surface area (Å²) in [5.74, 6) is 0.634. The number of aryl methyl sites for hydroxylation is 1. The van der Waals surface area contributed by atoms with Gasteiger partial charge in [-0.25, -0.2) is 0 Å². The van der Waals surface area contributed by atoms with Crippen molar-refractivity contribution in [3.05, 3.63) is 29.3 Å². The molecule has 0 saturated carbocycles. The third-order valence-electron chi connectivity index (χ3n) is 2.22. The van der Waals surface area contributed by atoms with Crippen molar-refractivity contribution in [2.75, 3.05) is 13.7 Å². The number of methoxy groups -OCH3 is 1. The van der Waals surface area contributed by atoms with Crippen molar-refractivity contribution in [1.82, 2.24) is 5.32 Å². The van der Waals surface area contributed by atoms with Crippen LogP contribution in [-0.4, -0.2) is 19.6 Å². The molecule has 0 aliphatic rings. The fourth-order valence-corrected chi connectivity index (χ4v) is 1.23. The first kappa shape index (κ1) is 11.5. The Bertz CT molecular complexity index is 350. The highest BCUT2D eigenvalue weighted by Crippen LogP contribution is 2.16. The predicted molar refractivity (Wildman–Crippen MR) is 58.6 cm³/mol. The van der Waals surface area contributed by atoms with Crippen molar-refractivity contribution in [3.8, 4) is 5.75 Å². The average molecular weight is 208 g/mol. The van der Waals surface area contributed by atoms with Crippen LogP contribution in [0.1, 0.15) is 11.1 Å². The Morgan fingerprint density at radius 2 is 2.27 bits per heavy atom. The molecule has 1 aromatic carbocycles. The second-order valence-electron chi connectivity index (χ2n) is 3.27. The zero-order chi connectivity index (χ0) is 11.3. The van der Waals surface area contributed by atoms with E-state index in [2.05, 4.69) is 5.32 Å². The van der Waals surface area contributed by atoms with Crippen molar-refractivity contribution in [2.24, 2.45) is 5.73 Å². The summed E-state index contributed by atoms with van der Waals surface area (Å²) in [4.78, 5) is 11.0. The van der Waals surface area contributed by atoms with Crippen LogP contribution < -0.4 is 15.8 Å². The van der Waals surface area contributed by atoms with Gasteiger partial charge in [-0.2, -0.15) is 0 Å². The quantitative estimate of drug-likeness (QED) is 0.760. The summed E-state index contributed by atoms with van der Waals surface area (Å²) in [5, 5.41) is 2.72. The molecule has 0 aliphatic carbocycles. The second-order valence-corrected chi connectivity index (χ2v) is 3.27. The molecule has 0 aromatic heterocycles. The molecule has 1 amide bonds. The molecule has 4 nitrogen and oxygen atoms in total. The van der Waals surface area contributed by atoms with Gasteiger partial charge in [0.05, 0.1) is 13.7 Å². The van der Waals surface area contributed by atoms with E-state index in [9.17, 15) is 4.79 Å². The molecule has 0 heterocycles. The van der Waals surface area contributed by atoms with Gasteiger partial charge < -0.3 is 15.8 Å². The van der Waals surface area contributed by atoms with Crippen LogP contribution in [-0.2, 0) is 11.3 Å². The van der Waals surface area contributed by atoms with E-state index in [1.54, 1.807) is 7.11 Å². The van der Waals surface area contributed by atoms with E-state index in [1.165, 1.54) is 0 Å². The first-order chi connectivity index (χ1) is 7.17. The lowest BCUT2D eigenvalue weighted by Gasteiger charge is -2.09. The number of nitrogens with two attached hydrogens (primary N) is 1. The summed E-state index contributed by atoms with van der Waals surface area (Å²) in [6.45, 7) is 2.49. The Kier molecular flexibility index (Phi) is 4.12. The zero-order valence-electron chi connectivity index (χ0n) is 9.04. The number of hydrogen-bond donors (Lipinski definition) is 2. The van der Waals surface area contributed by atoms with E-state index in [4.69, 9.17) is 10.5 Å². The van der Waals surface area contributed by atoms with Crippen molar-refractivity contribution < 1.29 is 9.53 Å². The van der Waals surface area contributed by atoms with Gasteiger partial charge in [0.25, 0.3) is 0 Å². The number of nitrogens with one attached hydrogen (secondary N) is 1. The summed E-state index contributed by atoms with van der Waals surface area (Å²) in [7, 11) is 1.62. The molecule has 1 aromatic rings. The monoisotopic (exact) mass is 208 g/mol. The van der Waals surface area contributed by atoms with Crippen LogP contribution in [0.2, 0.25) is 0 Å². The number of carbonyl (C=O) groups excluding carboxylic acids is 1. The summed E-state index contributed by atoms with van der Waals surface area (Å²) < 4.78 is 5.11.